The average Bonchev–Trinajstić information content (AvgIpc) is 2.33. The SMILES string of the molecule is CCC(CC)N(CCOC)CC(CO)NC. The number of hydrogen-bond acceptors (Lipinski definition) is 4. The predicted octanol–water partition coefficient (Wildman–Crippen LogP) is 0.704. The highest BCUT2D eigenvalue weighted by Gasteiger charge is 2.18. The molecule has 0 amide bonds. The summed E-state index contributed by atoms with van der Waals surface area (Å²) in [5.41, 5.74) is 0. The van der Waals surface area contributed by atoms with Gasteiger partial charge in [-0.25, -0.2) is 0 Å². The molecule has 0 saturated heterocycles. The van der Waals surface area contributed by atoms with Crippen LogP contribution in [0.2, 0.25) is 0 Å². The Kier molecular flexibility index (Phi) is 9.92. The number of aliphatic hydroxyl groups is 1. The number of methoxy groups -OCH3 is 1. The molecule has 0 spiro atoms. The Morgan fingerprint density at radius 1 is 1.31 bits per heavy atom. The Morgan fingerprint density at radius 2 is 1.94 bits per heavy atom. The van der Waals surface area contributed by atoms with Gasteiger partial charge in [-0.05, 0) is 19.9 Å². The fourth-order valence-corrected chi connectivity index (χ4v) is 1.96. The van der Waals surface area contributed by atoms with E-state index in [4.69, 9.17) is 4.74 Å². The van der Waals surface area contributed by atoms with Crippen LogP contribution in [-0.4, -0.2) is 62.6 Å². The zero-order valence-corrected chi connectivity index (χ0v) is 11.2. The third kappa shape index (κ3) is 5.80. The van der Waals surface area contributed by atoms with E-state index in [1.165, 1.54) is 0 Å². The Balaban J connectivity index is 4.27. The number of nitrogens with zero attached hydrogens (tertiary/aromatic N) is 1. The number of hydrogen-bond donors (Lipinski definition) is 2. The summed E-state index contributed by atoms with van der Waals surface area (Å²) >= 11 is 0. The van der Waals surface area contributed by atoms with Crippen LogP contribution in [0.15, 0.2) is 0 Å². The maximum absolute atomic E-state index is 9.21. The summed E-state index contributed by atoms with van der Waals surface area (Å²) in [6.07, 6.45) is 2.28. The molecule has 16 heavy (non-hydrogen) atoms. The molecular weight excluding hydrogens is 204 g/mol. The summed E-state index contributed by atoms with van der Waals surface area (Å²) in [5, 5.41) is 12.3. The number of aliphatic hydroxyl groups excluding tert-OH is 1. The molecule has 98 valence electrons. The summed E-state index contributed by atoms with van der Waals surface area (Å²) in [6, 6.07) is 0.731. The molecule has 0 saturated carbocycles. The molecule has 0 heterocycles. The lowest BCUT2D eigenvalue weighted by Crippen LogP contribution is -2.47. The Hall–Kier alpha value is -0.160. The van der Waals surface area contributed by atoms with Gasteiger partial charge in [-0.2, -0.15) is 0 Å². The Labute approximate surface area is 100.0 Å². The third-order valence-electron chi connectivity index (χ3n) is 3.13. The highest BCUT2D eigenvalue weighted by molar-refractivity contribution is 4.75. The minimum atomic E-state index is 0.150. The van der Waals surface area contributed by atoms with Crippen molar-refractivity contribution in [3.8, 4) is 0 Å². The quantitative estimate of drug-likeness (QED) is 0.582. The highest BCUT2D eigenvalue weighted by atomic mass is 16.5. The van der Waals surface area contributed by atoms with Crippen molar-refractivity contribution in [1.82, 2.24) is 10.2 Å². The summed E-state index contributed by atoms with van der Waals surface area (Å²) < 4.78 is 5.14. The summed E-state index contributed by atoms with van der Waals surface area (Å²) in [4.78, 5) is 2.40. The smallest absolute Gasteiger partial charge is 0.0597 e. The van der Waals surface area contributed by atoms with Crippen LogP contribution in [0.4, 0.5) is 0 Å². The van der Waals surface area contributed by atoms with Crippen LogP contribution < -0.4 is 5.32 Å². The molecular formula is C12H28N2O2. The first-order valence-corrected chi connectivity index (χ1v) is 6.24. The van der Waals surface area contributed by atoms with E-state index in [0.29, 0.717) is 6.04 Å². The maximum atomic E-state index is 9.21. The number of nitrogens with one attached hydrogen (secondary N) is 1. The van der Waals surface area contributed by atoms with Gasteiger partial charge in [-0.3, -0.25) is 4.90 Å². The summed E-state index contributed by atoms with van der Waals surface area (Å²) in [6.45, 7) is 7.16. The van der Waals surface area contributed by atoms with Crippen molar-refractivity contribution in [2.75, 3.05) is 40.5 Å². The lowest BCUT2D eigenvalue weighted by Gasteiger charge is -2.32. The van der Waals surface area contributed by atoms with Crippen molar-refractivity contribution in [3.05, 3.63) is 0 Å². The van der Waals surface area contributed by atoms with Crippen molar-refractivity contribution in [1.29, 1.82) is 0 Å². The van der Waals surface area contributed by atoms with E-state index in [1.807, 2.05) is 7.05 Å². The van der Waals surface area contributed by atoms with Gasteiger partial charge in [0.2, 0.25) is 0 Å². The molecule has 1 atom stereocenters. The van der Waals surface area contributed by atoms with Gasteiger partial charge in [0.1, 0.15) is 0 Å². The largest absolute Gasteiger partial charge is 0.395 e. The van der Waals surface area contributed by atoms with Crippen molar-refractivity contribution < 1.29 is 9.84 Å². The van der Waals surface area contributed by atoms with E-state index in [2.05, 4.69) is 24.1 Å². The van der Waals surface area contributed by atoms with Gasteiger partial charge in [0.05, 0.1) is 13.2 Å². The molecule has 0 bridgehead atoms. The Bertz CT molecular complexity index is 148. The molecule has 0 aromatic heterocycles. The minimum Gasteiger partial charge on any atom is -0.395 e. The first-order chi connectivity index (χ1) is 7.73. The molecule has 0 aromatic rings. The van der Waals surface area contributed by atoms with Gasteiger partial charge < -0.3 is 15.2 Å². The molecule has 0 rings (SSSR count). The first kappa shape index (κ1) is 15.8. The summed E-state index contributed by atoms with van der Waals surface area (Å²) in [5.74, 6) is 0. The van der Waals surface area contributed by atoms with E-state index < -0.39 is 0 Å². The van der Waals surface area contributed by atoms with Crippen LogP contribution in [-0.2, 0) is 4.74 Å². The number of likely N-dealkylation sites (N-methyl/N-ethyl adjacent to an activating group) is 1. The normalized spacial score (nSPS) is 13.7. The van der Waals surface area contributed by atoms with Gasteiger partial charge in [0, 0.05) is 32.3 Å². The number of ether oxygens (including phenoxy) is 1. The average molecular weight is 232 g/mol. The van der Waals surface area contributed by atoms with Crippen LogP contribution in [0.25, 0.3) is 0 Å². The van der Waals surface area contributed by atoms with Crippen LogP contribution in [0.1, 0.15) is 26.7 Å². The molecule has 4 nitrogen and oxygen atoms in total. The van der Waals surface area contributed by atoms with Crippen molar-refractivity contribution in [2.45, 2.75) is 38.8 Å². The maximum Gasteiger partial charge on any atom is 0.0597 e. The standard InChI is InChI=1S/C12H28N2O2/c1-5-12(6-2)14(7-8-16-4)9-11(10-15)13-3/h11-13,15H,5-10H2,1-4H3. The third-order valence-corrected chi connectivity index (χ3v) is 3.13. The fourth-order valence-electron chi connectivity index (χ4n) is 1.96. The first-order valence-electron chi connectivity index (χ1n) is 6.24. The molecule has 0 radical (unpaired) electrons. The molecule has 0 aliphatic rings. The topological polar surface area (TPSA) is 44.7 Å². The van der Waals surface area contributed by atoms with Crippen LogP contribution in [0.5, 0.6) is 0 Å². The fraction of sp³-hybridized carbons (Fsp3) is 1.00. The van der Waals surface area contributed by atoms with E-state index in [9.17, 15) is 5.11 Å². The van der Waals surface area contributed by atoms with Gasteiger partial charge in [-0.1, -0.05) is 13.8 Å². The van der Waals surface area contributed by atoms with Gasteiger partial charge in [0.25, 0.3) is 0 Å². The molecule has 1 unspecified atom stereocenters. The van der Waals surface area contributed by atoms with Crippen molar-refractivity contribution in [3.63, 3.8) is 0 Å². The second-order valence-electron chi connectivity index (χ2n) is 4.13. The second-order valence-corrected chi connectivity index (χ2v) is 4.13. The van der Waals surface area contributed by atoms with Crippen LogP contribution in [0, 0.1) is 0 Å². The van der Waals surface area contributed by atoms with Crippen molar-refractivity contribution >= 4 is 0 Å². The Morgan fingerprint density at radius 3 is 2.31 bits per heavy atom. The number of rotatable bonds is 10. The van der Waals surface area contributed by atoms with Crippen LogP contribution in [0.3, 0.4) is 0 Å². The zero-order valence-electron chi connectivity index (χ0n) is 11.2. The van der Waals surface area contributed by atoms with E-state index in [0.717, 1.165) is 32.5 Å². The zero-order chi connectivity index (χ0) is 12.4. The lowest BCUT2D eigenvalue weighted by atomic mass is 10.1. The van der Waals surface area contributed by atoms with Gasteiger partial charge in [-0.15, -0.1) is 0 Å². The molecule has 0 aromatic carbocycles. The molecule has 2 N–H and O–H groups in total. The van der Waals surface area contributed by atoms with Crippen LogP contribution >= 0.6 is 0 Å². The predicted molar refractivity (Wildman–Crippen MR) is 67.8 cm³/mol. The molecule has 0 fully saturated rings. The van der Waals surface area contributed by atoms with Gasteiger partial charge in [0.15, 0.2) is 0 Å². The molecule has 0 aliphatic carbocycles. The van der Waals surface area contributed by atoms with Crippen molar-refractivity contribution in [2.24, 2.45) is 0 Å². The van der Waals surface area contributed by atoms with Gasteiger partial charge >= 0.3 is 0 Å². The monoisotopic (exact) mass is 232 g/mol. The molecule has 4 heteroatoms. The van der Waals surface area contributed by atoms with E-state index in [-0.39, 0.29) is 12.6 Å². The van der Waals surface area contributed by atoms with E-state index >= 15 is 0 Å². The minimum absolute atomic E-state index is 0.150. The summed E-state index contributed by atoms with van der Waals surface area (Å²) in [7, 11) is 3.62. The second kappa shape index (κ2) is 10.0. The highest BCUT2D eigenvalue weighted by Crippen LogP contribution is 2.09. The van der Waals surface area contributed by atoms with E-state index in [1.54, 1.807) is 7.11 Å². The lowest BCUT2D eigenvalue weighted by molar-refractivity contribution is 0.0969. The molecule has 0 aliphatic heterocycles.